The average Bonchev–Trinajstić information content (AvgIpc) is 3.09. The monoisotopic (exact) mass is 312 g/mol. The highest BCUT2D eigenvalue weighted by Crippen LogP contribution is 2.25. The van der Waals surface area contributed by atoms with Gasteiger partial charge >= 0.3 is 0 Å². The number of fused-ring (bicyclic) bond motifs is 1. The lowest BCUT2D eigenvalue weighted by Gasteiger charge is -2.35. The summed E-state index contributed by atoms with van der Waals surface area (Å²) in [6.45, 7) is 5.69. The summed E-state index contributed by atoms with van der Waals surface area (Å²) in [5, 5.41) is 4.15. The van der Waals surface area contributed by atoms with Gasteiger partial charge in [-0.05, 0) is 19.1 Å². The zero-order valence-electron chi connectivity index (χ0n) is 12.3. The van der Waals surface area contributed by atoms with E-state index in [9.17, 15) is 0 Å². The molecule has 4 heterocycles. The van der Waals surface area contributed by atoms with Gasteiger partial charge in [-0.3, -0.25) is 0 Å². The molecule has 0 atom stereocenters. The third kappa shape index (κ3) is 2.37. The Morgan fingerprint density at radius 2 is 1.82 bits per heavy atom. The number of pyridine rings is 1. The molecule has 0 aromatic carbocycles. The van der Waals surface area contributed by atoms with E-state index in [2.05, 4.69) is 29.7 Å². The van der Waals surface area contributed by atoms with Gasteiger partial charge in [-0.25, -0.2) is 19.9 Å². The molecular weight excluding hydrogens is 296 g/mol. The first-order valence-corrected chi connectivity index (χ1v) is 8.18. The van der Waals surface area contributed by atoms with Crippen molar-refractivity contribution in [2.24, 2.45) is 0 Å². The highest BCUT2D eigenvalue weighted by Gasteiger charge is 2.21. The van der Waals surface area contributed by atoms with Crippen molar-refractivity contribution in [3.63, 3.8) is 0 Å². The number of hydrogen-bond acceptors (Lipinski definition) is 7. The van der Waals surface area contributed by atoms with Gasteiger partial charge in [-0.1, -0.05) is 0 Å². The zero-order chi connectivity index (χ0) is 14.9. The van der Waals surface area contributed by atoms with E-state index < -0.39 is 0 Å². The summed E-state index contributed by atoms with van der Waals surface area (Å²) in [4.78, 5) is 22.5. The predicted molar refractivity (Wildman–Crippen MR) is 88.6 cm³/mol. The standard InChI is InChI=1S/C15H16N6S/c1-11-18-13-12(3-2-4-16-13)14(19-11)20-6-8-21(9-7-20)15-17-5-10-22-15/h2-5,10H,6-9H2,1H3. The van der Waals surface area contributed by atoms with Crippen molar-refractivity contribution in [1.82, 2.24) is 19.9 Å². The molecule has 7 heteroatoms. The first-order chi connectivity index (χ1) is 10.8. The van der Waals surface area contributed by atoms with Gasteiger partial charge in [0.25, 0.3) is 0 Å². The number of aromatic nitrogens is 4. The van der Waals surface area contributed by atoms with Gasteiger partial charge < -0.3 is 9.80 Å². The average molecular weight is 312 g/mol. The molecule has 0 N–H and O–H groups in total. The first kappa shape index (κ1) is 13.4. The molecule has 0 spiro atoms. The predicted octanol–water partition coefficient (Wildman–Crippen LogP) is 2.12. The summed E-state index contributed by atoms with van der Waals surface area (Å²) in [7, 11) is 0. The van der Waals surface area contributed by atoms with E-state index in [0.29, 0.717) is 0 Å². The van der Waals surface area contributed by atoms with Gasteiger partial charge in [0.2, 0.25) is 0 Å². The van der Waals surface area contributed by atoms with Crippen molar-refractivity contribution in [2.75, 3.05) is 36.0 Å². The van der Waals surface area contributed by atoms with Crippen LogP contribution in [0.2, 0.25) is 0 Å². The number of piperazine rings is 1. The fourth-order valence-electron chi connectivity index (χ4n) is 2.78. The van der Waals surface area contributed by atoms with E-state index in [-0.39, 0.29) is 0 Å². The van der Waals surface area contributed by atoms with Crippen LogP contribution in [0.15, 0.2) is 29.9 Å². The van der Waals surface area contributed by atoms with Crippen LogP contribution < -0.4 is 9.80 Å². The zero-order valence-corrected chi connectivity index (χ0v) is 13.1. The Bertz CT molecular complexity index is 780. The minimum atomic E-state index is 0.767. The summed E-state index contributed by atoms with van der Waals surface area (Å²) in [6.07, 6.45) is 3.64. The van der Waals surface area contributed by atoms with Crippen LogP contribution in [0.3, 0.4) is 0 Å². The van der Waals surface area contributed by atoms with Gasteiger partial charge in [-0.15, -0.1) is 11.3 Å². The Hall–Kier alpha value is -2.28. The SMILES string of the molecule is Cc1nc(N2CCN(c3nccs3)CC2)c2cccnc2n1. The van der Waals surface area contributed by atoms with E-state index in [1.807, 2.05) is 30.6 Å². The molecule has 6 nitrogen and oxygen atoms in total. The van der Waals surface area contributed by atoms with Crippen molar-refractivity contribution in [3.05, 3.63) is 35.7 Å². The maximum Gasteiger partial charge on any atom is 0.185 e. The fourth-order valence-corrected chi connectivity index (χ4v) is 3.47. The normalized spacial score (nSPS) is 15.5. The van der Waals surface area contributed by atoms with Gasteiger partial charge in [-0.2, -0.15) is 0 Å². The summed E-state index contributed by atoms with van der Waals surface area (Å²) < 4.78 is 0. The Morgan fingerprint density at radius 3 is 2.59 bits per heavy atom. The van der Waals surface area contributed by atoms with Crippen LogP contribution in [0.1, 0.15) is 5.82 Å². The number of anilines is 2. The molecule has 1 fully saturated rings. The van der Waals surface area contributed by atoms with Crippen LogP contribution in [0, 0.1) is 6.92 Å². The molecule has 1 aliphatic heterocycles. The lowest BCUT2D eigenvalue weighted by molar-refractivity contribution is 0.646. The van der Waals surface area contributed by atoms with Crippen LogP contribution in [0.5, 0.6) is 0 Å². The fraction of sp³-hybridized carbons (Fsp3) is 0.333. The number of nitrogens with zero attached hydrogens (tertiary/aromatic N) is 6. The number of aryl methyl sites for hydroxylation is 1. The summed E-state index contributed by atoms with van der Waals surface area (Å²) in [5.41, 5.74) is 0.771. The van der Waals surface area contributed by atoms with Crippen molar-refractivity contribution < 1.29 is 0 Å². The van der Waals surface area contributed by atoms with Crippen LogP contribution in [0.25, 0.3) is 11.0 Å². The lowest BCUT2D eigenvalue weighted by Crippen LogP contribution is -2.47. The Kier molecular flexibility index (Phi) is 3.34. The van der Waals surface area contributed by atoms with Crippen LogP contribution in [-0.2, 0) is 0 Å². The molecular formula is C15H16N6S. The third-order valence-electron chi connectivity index (χ3n) is 3.83. The maximum atomic E-state index is 4.66. The summed E-state index contributed by atoms with van der Waals surface area (Å²) in [5.74, 6) is 1.76. The molecule has 0 unspecified atom stereocenters. The number of thiazole rings is 1. The molecule has 22 heavy (non-hydrogen) atoms. The molecule has 112 valence electrons. The Balaban J connectivity index is 1.61. The number of hydrogen-bond donors (Lipinski definition) is 0. The lowest BCUT2D eigenvalue weighted by atomic mass is 10.2. The van der Waals surface area contributed by atoms with Gasteiger partial charge in [0, 0.05) is 44.0 Å². The second-order valence-corrected chi connectivity index (χ2v) is 6.13. The second-order valence-electron chi connectivity index (χ2n) is 5.26. The van der Waals surface area contributed by atoms with E-state index in [1.165, 1.54) is 0 Å². The summed E-state index contributed by atoms with van der Waals surface area (Å²) >= 11 is 1.69. The van der Waals surface area contributed by atoms with Crippen molar-refractivity contribution in [1.29, 1.82) is 0 Å². The Labute approximate surface area is 132 Å². The smallest absolute Gasteiger partial charge is 0.185 e. The largest absolute Gasteiger partial charge is 0.352 e. The van der Waals surface area contributed by atoms with Crippen molar-refractivity contribution >= 4 is 33.3 Å². The molecule has 0 saturated carbocycles. The number of rotatable bonds is 2. The maximum absolute atomic E-state index is 4.66. The van der Waals surface area contributed by atoms with Crippen molar-refractivity contribution in [2.45, 2.75) is 6.92 Å². The van der Waals surface area contributed by atoms with E-state index in [4.69, 9.17) is 0 Å². The molecule has 0 aliphatic carbocycles. The van der Waals surface area contributed by atoms with Crippen LogP contribution in [0.4, 0.5) is 10.9 Å². The summed E-state index contributed by atoms with van der Waals surface area (Å²) in [6, 6.07) is 3.99. The molecule has 3 aromatic rings. The van der Waals surface area contributed by atoms with Gasteiger partial charge in [0.15, 0.2) is 10.8 Å². The van der Waals surface area contributed by atoms with Crippen molar-refractivity contribution in [3.8, 4) is 0 Å². The molecule has 1 aliphatic rings. The second kappa shape index (κ2) is 5.49. The topological polar surface area (TPSA) is 58.0 Å². The molecule has 0 bridgehead atoms. The molecule has 4 rings (SSSR count). The molecule has 0 radical (unpaired) electrons. The Morgan fingerprint density at radius 1 is 1.00 bits per heavy atom. The van der Waals surface area contributed by atoms with Gasteiger partial charge in [0.1, 0.15) is 11.6 Å². The van der Waals surface area contributed by atoms with Crippen LogP contribution >= 0.6 is 11.3 Å². The van der Waals surface area contributed by atoms with Crippen LogP contribution in [-0.4, -0.2) is 46.1 Å². The molecule has 1 saturated heterocycles. The van der Waals surface area contributed by atoms with E-state index >= 15 is 0 Å². The van der Waals surface area contributed by atoms with Gasteiger partial charge in [0.05, 0.1) is 5.39 Å². The van der Waals surface area contributed by atoms with E-state index in [0.717, 1.165) is 54.0 Å². The molecule has 3 aromatic heterocycles. The third-order valence-corrected chi connectivity index (χ3v) is 4.66. The highest BCUT2D eigenvalue weighted by molar-refractivity contribution is 7.13. The first-order valence-electron chi connectivity index (χ1n) is 7.30. The molecule has 0 amide bonds. The quantitative estimate of drug-likeness (QED) is 0.722. The van der Waals surface area contributed by atoms with E-state index in [1.54, 1.807) is 17.5 Å². The minimum Gasteiger partial charge on any atom is -0.352 e. The highest BCUT2D eigenvalue weighted by atomic mass is 32.1. The minimum absolute atomic E-state index is 0.767.